The Morgan fingerprint density at radius 3 is 2.18 bits per heavy atom. The van der Waals surface area contributed by atoms with Crippen LogP contribution in [0.25, 0.3) is 0 Å². The standard InChI is InChI=1S/C22H38N6O5/c1-13(2)11-16(19(30)25-12-18(24)29)26-20(31)17-5-4-8-28(17)22(33)15-6-9-27(10-7-15)21(32)14(3)23/h13-17H,4-12,23H2,1-3H3,(H2,24,29)(H,25,30)(H,26,31). The van der Waals surface area contributed by atoms with Crippen LogP contribution < -0.4 is 22.1 Å². The van der Waals surface area contributed by atoms with Gasteiger partial charge < -0.3 is 31.9 Å². The summed E-state index contributed by atoms with van der Waals surface area (Å²) >= 11 is 0. The number of piperidine rings is 1. The molecule has 11 heteroatoms. The molecule has 2 aliphatic heterocycles. The Morgan fingerprint density at radius 2 is 1.64 bits per heavy atom. The minimum atomic E-state index is -0.818. The molecule has 3 unspecified atom stereocenters. The van der Waals surface area contributed by atoms with Crippen LogP contribution in [-0.2, 0) is 24.0 Å². The summed E-state index contributed by atoms with van der Waals surface area (Å²) < 4.78 is 0. The zero-order chi connectivity index (χ0) is 24.7. The molecule has 0 bridgehead atoms. The van der Waals surface area contributed by atoms with Crippen molar-refractivity contribution in [2.75, 3.05) is 26.2 Å². The largest absolute Gasteiger partial charge is 0.368 e. The number of primary amides is 1. The molecule has 6 N–H and O–H groups in total. The summed E-state index contributed by atoms with van der Waals surface area (Å²) in [4.78, 5) is 65.1. The van der Waals surface area contributed by atoms with Crippen LogP contribution in [0, 0.1) is 11.8 Å². The van der Waals surface area contributed by atoms with E-state index in [1.807, 2.05) is 13.8 Å². The number of carbonyl (C=O) groups excluding carboxylic acids is 5. The summed E-state index contributed by atoms with van der Waals surface area (Å²) in [6, 6.07) is -2.02. The number of nitrogens with zero attached hydrogens (tertiary/aromatic N) is 2. The number of hydrogen-bond donors (Lipinski definition) is 4. The average molecular weight is 467 g/mol. The maximum Gasteiger partial charge on any atom is 0.243 e. The lowest BCUT2D eigenvalue weighted by Gasteiger charge is -2.35. The molecule has 0 radical (unpaired) electrons. The molecule has 33 heavy (non-hydrogen) atoms. The van der Waals surface area contributed by atoms with Gasteiger partial charge in [0, 0.05) is 25.6 Å². The molecule has 0 aromatic rings. The minimum absolute atomic E-state index is 0.0841. The smallest absolute Gasteiger partial charge is 0.243 e. The monoisotopic (exact) mass is 466 g/mol. The summed E-state index contributed by atoms with van der Waals surface area (Å²) in [5.41, 5.74) is 10.8. The van der Waals surface area contributed by atoms with Crippen LogP contribution in [0.4, 0.5) is 0 Å². The molecule has 2 aliphatic rings. The predicted octanol–water partition coefficient (Wildman–Crippen LogP) is -1.30. The van der Waals surface area contributed by atoms with E-state index < -0.39 is 29.9 Å². The van der Waals surface area contributed by atoms with Gasteiger partial charge in [0.2, 0.25) is 29.5 Å². The van der Waals surface area contributed by atoms with E-state index in [2.05, 4.69) is 10.6 Å². The van der Waals surface area contributed by atoms with Crippen molar-refractivity contribution in [3.05, 3.63) is 0 Å². The Kier molecular flexibility index (Phi) is 9.63. The van der Waals surface area contributed by atoms with Gasteiger partial charge in [-0.05, 0) is 44.9 Å². The van der Waals surface area contributed by atoms with Gasteiger partial charge in [-0.1, -0.05) is 13.8 Å². The third-order valence-corrected chi connectivity index (χ3v) is 6.16. The first-order valence-corrected chi connectivity index (χ1v) is 11.7. The molecule has 2 saturated heterocycles. The van der Waals surface area contributed by atoms with E-state index in [4.69, 9.17) is 11.5 Å². The number of hydrogen-bond acceptors (Lipinski definition) is 6. The van der Waals surface area contributed by atoms with Gasteiger partial charge in [0.15, 0.2) is 0 Å². The third kappa shape index (κ3) is 7.41. The van der Waals surface area contributed by atoms with Crippen molar-refractivity contribution in [2.24, 2.45) is 23.3 Å². The predicted molar refractivity (Wildman–Crippen MR) is 121 cm³/mol. The Hall–Kier alpha value is -2.69. The van der Waals surface area contributed by atoms with Gasteiger partial charge in [-0.15, -0.1) is 0 Å². The zero-order valence-electron chi connectivity index (χ0n) is 19.8. The van der Waals surface area contributed by atoms with Gasteiger partial charge in [-0.25, -0.2) is 0 Å². The van der Waals surface area contributed by atoms with Crippen LogP contribution >= 0.6 is 0 Å². The fourth-order valence-electron chi connectivity index (χ4n) is 4.44. The topological polar surface area (TPSA) is 168 Å². The zero-order valence-corrected chi connectivity index (χ0v) is 19.8. The average Bonchev–Trinajstić information content (AvgIpc) is 3.25. The lowest BCUT2D eigenvalue weighted by Crippen LogP contribution is -2.55. The molecule has 0 aromatic carbocycles. The molecular formula is C22H38N6O5. The summed E-state index contributed by atoms with van der Waals surface area (Å²) in [6.07, 6.45) is 2.69. The molecule has 0 aliphatic carbocycles. The summed E-state index contributed by atoms with van der Waals surface area (Å²) in [6.45, 7) is 6.62. The summed E-state index contributed by atoms with van der Waals surface area (Å²) in [5, 5.41) is 5.21. The van der Waals surface area contributed by atoms with Crippen LogP contribution in [0.2, 0.25) is 0 Å². The first kappa shape index (κ1) is 26.6. The fourth-order valence-corrected chi connectivity index (χ4v) is 4.44. The molecule has 186 valence electrons. The quantitative estimate of drug-likeness (QED) is 0.329. The molecule has 0 aromatic heterocycles. The Balaban J connectivity index is 1.99. The van der Waals surface area contributed by atoms with Crippen molar-refractivity contribution < 1.29 is 24.0 Å². The third-order valence-electron chi connectivity index (χ3n) is 6.16. The summed E-state index contributed by atoms with van der Waals surface area (Å²) in [7, 11) is 0. The fraction of sp³-hybridized carbons (Fsp3) is 0.773. The van der Waals surface area contributed by atoms with E-state index in [1.54, 1.807) is 16.7 Å². The van der Waals surface area contributed by atoms with Gasteiger partial charge in [0.25, 0.3) is 0 Å². The van der Waals surface area contributed by atoms with Crippen molar-refractivity contribution in [1.82, 2.24) is 20.4 Å². The highest BCUT2D eigenvalue weighted by Crippen LogP contribution is 2.26. The lowest BCUT2D eigenvalue weighted by molar-refractivity contribution is -0.145. The normalized spacial score (nSPS) is 20.9. The van der Waals surface area contributed by atoms with E-state index in [9.17, 15) is 24.0 Å². The Labute approximate surface area is 194 Å². The number of nitrogens with two attached hydrogens (primary N) is 2. The van der Waals surface area contributed by atoms with Crippen LogP contribution in [0.1, 0.15) is 52.9 Å². The molecule has 11 nitrogen and oxygen atoms in total. The van der Waals surface area contributed by atoms with E-state index in [0.29, 0.717) is 51.7 Å². The molecule has 2 fully saturated rings. The van der Waals surface area contributed by atoms with E-state index in [1.165, 1.54) is 0 Å². The van der Waals surface area contributed by atoms with Crippen LogP contribution in [0.3, 0.4) is 0 Å². The second-order valence-corrected chi connectivity index (χ2v) is 9.45. The van der Waals surface area contributed by atoms with Gasteiger partial charge >= 0.3 is 0 Å². The van der Waals surface area contributed by atoms with E-state index in [0.717, 1.165) is 0 Å². The van der Waals surface area contributed by atoms with Gasteiger partial charge in [-0.2, -0.15) is 0 Å². The first-order valence-electron chi connectivity index (χ1n) is 11.7. The van der Waals surface area contributed by atoms with Crippen molar-refractivity contribution >= 4 is 29.5 Å². The Morgan fingerprint density at radius 1 is 1.00 bits per heavy atom. The highest BCUT2D eigenvalue weighted by molar-refractivity contribution is 5.94. The van der Waals surface area contributed by atoms with Gasteiger partial charge in [0.1, 0.15) is 12.1 Å². The highest BCUT2D eigenvalue weighted by atomic mass is 16.2. The van der Waals surface area contributed by atoms with Gasteiger partial charge in [-0.3, -0.25) is 24.0 Å². The highest BCUT2D eigenvalue weighted by Gasteiger charge is 2.39. The second-order valence-electron chi connectivity index (χ2n) is 9.45. The molecule has 0 saturated carbocycles. The van der Waals surface area contributed by atoms with Crippen molar-refractivity contribution in [3.8, 4) is 0 Å². The summed E-state index contributed by atoms with van der Waals surface area (Å²) in [5.74, 6) is -1.84. The number of rotatable bonds is 9. The first-order chi connectivity index (χ1) is 15.5. The van der Waals surface area contributed by atoms with E-state index >= 15 is 0 Å². The minimum Gasteiger partial charge on any atom is -0.368 e. The molecule has 2 rings (SSSR count). The maximum absolute atomic E-state index is 13.2. The van der Waals surface area contributed by atoms with Crippen LogP contribution in [0.5, 0.6) is 0 Å². The van der Waals surface area contributed by atoms with Gasteiger partial charge in [0.05, 0.1) is 12.6 Å². The number of carbonyl (C=O) groups is 5. The van der Waals surface area contributed by atoms with Crippen molar-refractivity contribution in [3.63, 3.8) is 0 Å². The SMILES string of the molecule is CC(C)CC(NC(=O)C1CCCN1C(=O)C1CCN(C(=O)C(C)N)CC1)C(=O)NCC(N)=O. The van der Waals surface area contributed by atoms with E-state index in [-0.39, 0.29) is 36.1 Å². The molecule has 3 atom stereocenters. The molecule has 2 heterocycles. The van der Waals surface area contributed by atoms with Crippen LogP contribution in [-0.4, -0.2) is 83.6 Å². The number of likely N-dealkylation sites (tertiary alicyclic amines) is 2. The lowest BCUT2D eigenvalue weighted by atomic mass is 9.94. The number of nitrogens with one attached hydrogen (secondary N) is 2. The molecule has 5 amide bonds. The maximum atomic E-state index is 13.2. The second kappa shape index (κ2) is 12.0. The van der Waals surface area contributed by atoms with Crippen molar-refractivity contribution in [2.45, 2.75) is 71.0 Å². The molecular weight excluding hydrogens is 428 g/mol. The number of amides is 5. The van der Waals surface area contributed by atoms with Crippen molar-refractivity contribution in [1.29, 1.82) is 0 Å². The molecule has 0 spiro atoms. The Bertz CT molecular complexity index is 748. The van der Waals surface area contributed by atoms with Crippen LogP contribution in [0.15, 0.2) is 0 Å².